The lowest BCUT2D eigenvalue weighted by Crippen LogP contribution is -2.43. The Morgan fingerprint density at radius 3 is 1.26 bits per heavy atom. The van der Waals surface area contributed by atoms with Gasteiger partial charge in [-0.3, -0.25) is 32.0 Å². The number of aromatic amines is 4. The number of imidazole rings is 4. The summed E-state index contributed by atoms with van der Waals surface area (Å²) in [4.78, 5) is 101. The summed E-state index contributed by atoms with van der Waals surface area (Å²) in [5, 5.41) is 10.1. The van der Waals surface area contributed by atoms with E-state index in [2.05, 4.69) is 72.2 Å². The molecule has 12 aromatic heterocycles. The molecule has 1 aliphatic heterocycles. The third kappa shape index (κ3) is 17.5. The minimum absolute atomic E-state index is 0.00386. The van der Waals surface area contributed by atoms with Gasteiger partial charge in [0.05, 0.1) is 75.0 Å². The fourth-order valence-electron chi connectivity index (χ4n) is 19.5. The van der Waals surface area contributed by atoms with Crippen molar-refractivity contribution in [3.8, 4) is 62.4 Å². The second kappa shape index (κ2) is 37.3. The van der Waals surface area contributed by atoms with Crippen LogP contribution in [0.25, 0.3) is 122 Å². The minimum atomic E-state index is -4.86. The molecule has 36 heteroatoms. The van der Waals surface area contributed by atoms with E-state index in [1.54, 1.807) is 63.0 Å². The zero-order valence-electron chi connectivity index (χ0n) is 72.8. The van der Waals surface area contributed by atoms with E-state index >= 15 is 0 Å². The number of aromatic nitrogens is 16. The van der Waals surface area contributed by atoms with Gasteiger partial charge in [0.2, 0.25) is 6.41 Å². The van der Waals surface area contributed by atoms with Gasteiger partial charge >= 0.3 is 24.1 Å². The molecule has 3 aliphatic carbocycles. The van der Waals surface area contributed by atoms with E-state index < -0.39 is 12.1 Å². The van der Waals surface area contributed by atoms with Crippen LogP contribution in [0.4, 0.5) is 45.6 Å². The number of piperidine rings is 1. The number of benzene rings is 5. The van der Waals surface area contributed by atoms with Gasteiger partial charge in [0, 0.05) is 141 Å². The number of para-hydroxylation sites is 4. The second-order valence-corrected chi connectivity index (χ2v) is 35.2. The van der Waals surface area contributed by atoms with Crippen LogP contribution in [0, 0.1) is 23.6 Å². The lowest BCUT2D eigenvalue weighted by atomic mass is 9.81. The molecule has 4 aliphatic rings. The van der Waals surface area contributed by atoms with Gasteiger partial charge in [-0.1, -0.05) is 89.9 Å². The highest BCUT2D eigenvalue weighted by atomic mass is 35.5. The van der Waals surface area contributed by atoms with Crippen molar-refractivity contribution >= 4 is 136 Å². The predicted octanol–water partition coefficient (Wildman–Crippen LogP) is 18.2. The number of fused-ring (bicyclic) bond motifs is 8. The molecule has 0 bridgehead atoms. The third-order valence-corrected chi connectivity index (χ3v) is 26.8. The highest BCUT2D eigenvalue weighted by Crippen LogP contribution is 2.46. The standard InChI is InChI=1S/C28H26FN5O2.C23H22ClF3N6O.C23H27N7O2.C22H23ClN6O/c1-36-28(35)18-7-5-17(6-8-18)27-33-24(25-26(30)31-13-14-34(25)27)22-15-19-3-2-4-21(23(19)32-22)16-9-11-20(29)12-10-16;24-15-3-1-2-14-10-16(31-17(14)15)18-19-20(28)29-8-9-33(19)21(32-18)13-6-4-12(5-7-13)11-30-22(34)23(25,26)27;1-28(2)23(31)29-10-7-14(8-11-29)22-27-19(20-21(24)25-9-12-30(20)22)16-13-15-5-4-6-17(32-3)18(15)26-16;23-16-3-1-2-15-10-17(27-18(15)16)19-20-21(24)26-8-9-29(20)22(28-19)14-6-4-13(5-7-14)11-25-12-30/h2-4,9-15,17-18,32H,5-8H2,1H3,(H2,30,31);1-3,8-10,12-13,31H,4-7,11H2,(H2,28,29)(H,30,34);4-6,9,12-14,26H,7-8,10-11H2,1-3H3,(H2,24,25);1-3,8-10,12-14,27H,4-7,11H2,(H2,24,26)(H,25,30). The topological polar surface area (TPSA) is 405 Å². The van der Waals surface area contributed by atoms with Crippen molar-refractivity contribution in [1.29, 1.82) is 0 Å². The first-order valence-corrected chi connectivity index (χ1v) is 44.8. The van der Waals surface area contributed by atoms with Gasteiger partial charge in [0.25, 0.3) is 0 Å². The fraction of sp³-hybridized carbons (Fsp3) is 0.312. The Kier molecular flexibility index (Phi) is 25.0. The van der Waals surface area contributed by atoms with E-state index in [4.69, 9.17) is 75.5 Å². The molecule has 14 N–H and O–H groups in total. The van der Waals surface area contributed by atoms with E-state index in [9.17, 15) is 36.7 Å². The molecule has 0 spiro atoms. The summed E-state index contributed by atoms with van der Waals surface area (Å²) in [7, 11) is 6.68. The van der Waals surface area contributed by atoms with Gasteiger partial charge < -0.3 is 72.8 Å². The van der Waals surface area contributed by atoms with Gasteiger partial charge in [-0.05, 0) is 162 Å². The number of rotatable bonds is 16. The van der Waals surface area contributed by atoms with Crippen molar-refractivity contribution in [3.63, 3.8) is 0 Å². The highest BCUT2D eigenvalue weighted by Gasteiger charge is 2.40. The Labute approximate surface area is 763 Å². The minimum Gasteiger partial charge on any atom is -0.495 e. The molecular weight excluding hydrogens is 1730 g/mol. The summed E-state index contributed by atoms with van der Waals surface area (Å²) in [5.74, 6) is 5.21. The predicted molar refractivity (Wildman–Crippen MR) is 503 cm³/mol. The molecule has 4 fully saturated rings. The number of anilines is 4. The number of ether oxygens (including phenoxy) is 2. The van der Waals surface area contributed by atoms with E-state index in [1.807, 2.05) is 123 Å². The number of nitrogens with one attached hydrogen (secondary N) is 6. The molecule has 30 nitrogen and oxygen atoms in total. The van der Waals surface area contributed by atoms with Crippen LogP contribution in [0.15, 0.2) is 171 Å². The molecule has 132 heavy (non-hydrogen) atoms. The number of amides is 4. The summed E-state index contributed by atoms with van der Waals surface area (Å²) in [5.41, 5.74) is 40.1. The first-order chi connectivity index (χ1) is 63.9. The van der Waals surface area contributed by atoms with Crippen LogP contribution in [0.1, 0.15) is 137 Å². The maximum Gasteiger partial charge on any atom is 0.471 e. The van der Waals surface area contributed by atoms with Crippen molar-refractivity contribution in [2.24, 2.45) is 17.8 Å². The van der Waals surface area contributed by atoms with Crippen LogP contribution in [0.3, 0.4) is 0 Å². The Morgan fingerprint density at radius 1 is 0.492 bits per heavy atom. The van der Waals surface area contributed by atoms with Crippen molar-refractivity contribution < 1.29 is 46.2 Å². The zero-order valence-corrected chi connectivity index (χ0v) is 74.3. The van der Waals surface area contributed by atoms with Crippen LogP contribution in [0.2, 0.25) is 10.0 Å². The largest absolute Gasteiger partial charge is 0.495 e. The van der Waals surface area contributed by atoms with Gasteiger partial charge in [-0.2, -0.15) is 13.2 Å². The summed E-state index contributed by atoms with van der Waals surface area (Å²) >= 11 is 12.7. The molecule has 5 aromatic carbocycles. The molecule has 3 saturated carbocycles. The molecule has 0 unspecified atom stereocenters. The van der Waals surface area contributed by atoms with Crippen LogP contribution in [0.5, 0.6) is 5.75 Å². The number of nitrogens with two attached hydrogens (primary N) is 4. The summed E-state index contributed by atoms with van der Waals surface area (Å²) in [6, 6.07) is 38.2. The number of methoxy groups -OCH3 is 2. The van der Waals surface area contributed by atoms with Crippen LogP contribution < -0.4 is 38.3 Å². The van der Waals surface area contributed by atoms with Crippen molar-refractivity contribution in [3.05, 3.63) is 210 Å². The summed E-state index contributed by atoms with van der Waals surface area (Å²) in [6.07, 6.45) is 22.2. The van der Waals surface area contributed by atoms with Gasteiger partial charge in [-0.25, -0.2) is 49.1 Å². The number of hydrogen-bond donors (Lipinski definition) is 10. The average Bonchev–Trinajstić information content (AvgIpc) is 1.61. The SMILES string of the molecule is COC(=O)C1CCC(c2nc(-c3cc4cccc(-c5ccc(F)cc5)c4[nH]3)c3c(N)nccn23)CC1.COc1cccc2cc(-c3nc(C4CCN(C(=O)N(C)C)CC4)n4ccnc(N)c34)[nH]c12.Nc1nccn2c(C3CCC(CNC(=O)C(F)(F)F)CC3)nc(-c3cc4cccc(Cl)c4[nH]3)c12.Nc1nccn2c(C3CCC(CNC=O)CC3)nc(-c3cc4cccc(Cl)c4[nH]3)c12. The molecule has 13 heterocycles. The maximum absolute atomic E-state index is 13.5. The van der Waals surface area contributed by atoms with Crippen molar-refractivity contribution in [2.45, 2.75) is 120 Å². The number of carbonyl (C=O) groups excluding carboxylic acids is 4. The number of nitrogens with zero attached hydrogens (tertiary/aromatic N) is 14. The number of urea groups is 1. The van der Waals surface area contributed by atoms with E-state index in [-0.39, 0.29) is 54.0 Å². The van der Waals surface area contributed by atoms with Crippen LogP contribution in [-0.4, -0.2) is 172 Å². The van der Waals surface area contributed by atoms with E-state index in [1.165, 1.54) is 19.2 Å². The molecule has 4 amide bonds. The van der Waals surface area contributed by atoms with E-state index in [0.29, 0.717) is 82.3 Å². The first-order valence-electron chi connectivity index (χ1n) is 44.0. The van der Waals surface area contributed by atoms with Gasteiger partial charge in [0.1, 0.15) is 103 Å². The number of alkyl halides is 3. The number of likely N-dealkylation sites (tertiary alicyclic amines) is 1. The molecular formula is C96H98Cl2F4N24O6. The Balaban J connectivity index is 0.000000118. The number of carbonyl (C=O) groups is 4. The van der Waals surface area contributed by atoms with Crippen LogP contribution >= 0.6 is 23.2 Å². The average molecular weight is 1830 g/mol. The Hall–Kier alpha value is -14.3. The van der Waals surface area contributed by atoms with Crippen LogP contribution in [-0.2, 0) is 19.1 Å². The van der Waals surface area contributed by atoms with Crippen molar-refractivity contribution in [2.75, 3.05) is 77.4 Å². The number of halogens is 6. The molecule has 680 valence electrons. The Bertz CT molecular complexity index is 7160. The fourth-order valence-corrected chi connectivity index (χ4v) is 20.0. The normalized spacial score (nSPS) is 17.8. The molecule has 0 radical (unpaired) electrons. The molecule has 17 aromatic rings. The number of hydrogen-bond acceptors (Lipinski definition) is 18. The maximum atomic E-state index is 13.5. The number of H-pyrrole nitrogens is 4. The van der Waals surface area contributed by atoms with Gasteiger partial charge in [-0.15, -0.1) is 0 Å². The van der Waals surface area contributed by atoms with Crippen molar-refractivity contribution in [1.82, 2.24) is 97.8 Å². The monoisotopic (exact) mass is 1830 g/mol. The highest BCUT2D eigenvalue weighted by molar-refractivity contribution is 6.35. The van der Waals surface area contributed by atoms with Gasteiger partial charge in [0.15, 0.2) is 0 Å². The second-order valence-electron chi connectivity index (χ2n) is 34.4. The molecule has 1 saturated heterocycles. The molecule has 21 rings (SSSR count). The lowest BCUT2D eigenvalue weighted by Gasteiger charge is -2.33. The van der Waals surface area contributed by atoms with E-state index in [0.717, 1.165) is 230 Å². The number of nitrogen functional groups attached to an aromatic ring is 4. The lowest BCUT2D eigenvalue weighted by molar-refractivity contribution is -0.173. The number of esters is 1. The zero-order chi connectivity index (χ0) is 91.9. The molecule has 0 atom stereocenters. The first kappa shape index (κ1) is 88.4. The summed E-state index contributed by atoms with van der Waals surface area (Å²) < 4.78 is 69.4. The smallest absolute Gasteiger partial charge is 0.471 e. The Morgan fingerprint density at radius 2 is 0.864 bits per heavy atom. The quantitative estimate of drug-likeness (QED) is 0.0244. The third-order valence-electron chi connectivity index (χ3n) is 26.2. The summed E-state index contributed by atoms with van der Waals surface area (Å²) in [6.45, 7) is 2.17.